The number of imide groups is 2. The number of ether oxygens (including phenoxy) is 4. The van der Waals surface area contributed by atoms with Gasteiger partial charge >= 0.3 is 24.0 Å². The van der Waals surface area contributed by atoms with Gasteiger partial charge in [0.15, 0.2) is 0 Å². The summed E-state index contributed by atoms with van der Waals surface area (Å²) in [5, 5.41) is 18.2. The van der Waals surface area contributed by atoms with Crippen molar-refractivity contribution >= 4 is 53.3 Å². The first kappa shape index (κ1) is 71.3. The van der Waals surface area contributed by atoms with Crippen LogP contribution >= 0.6 is 0 Å². The van der Waals surface area contributed by atoms with Gasteiger partial charge in [0, 0.05) is 25.1 Å². The van der Waals surface area contributed by atoms with Crippen LogP contribution in [0.5, 0.6) is 11.5 Å². The van der Waals surface area contributed by atoms with Gasteiger partial charge < -0.3 is 34.5 Å². The van der Waals surface area contributed by atoms with Gasteiger partial charge in [-0.25, -0.2) is 14.5 Å². The zero-order valence-electron chi connectivity index (χ0n) is 46.2. The normalized spacial score (nSPS) is 14.6. The number of alkyl carbamates (subject to hydrolysis) is 1. The number of anilines is 1. The molecule has 2 aliphatic heterocycles. The van der Waals surface area contributed by atoms with E-state index < -0.39 is 47.6 Å². The maximum atomic E-state index is 13.7. The van der Waals surface area contributed by atoms with E-state index in [0.717, 1.165) is 47.5 Å². The van der Waals surface area contributed by atoms with Crippen molar-refractivity contribution in [2.45, 2.75) is 129 Å². The van der Waals surface area contributed by atoms with Crippen LogP contribution in [0.3, 0.4) is 0 Å². The number of hydrogen-bond acceptors (Lipinski definition) is 13. The molecule has 1 saturated carbocycles. The Bertz CT molecular complexity index is 2780. The summed E-state index contributed by atoms with van der Waals surface area (Å²) in [6.07, 6.45) is 5.16. The quantitative estimate of drug-likeness (QED) is 0.0372. The summed E-state index contributed by atoms with van der Waals surface area (Å²) in [5.74, 6) is -2.67. The number of benzene rings is 4. The van der Waals surface area contributed by atoms with E-state index in [1.807, 2.05) is 25.1 Å². The molecular formula is C62H87N3O14. The Kier molecular flexibility index (Phi) is 29.7. The van der Waals surface area contributed by atoms with Crippen LogP contribution in [0, 0.1) is 38.5 Å². The largest absolute Gasteiger partial charge is 0.481 e. The number of aliphatic hydroxyl groups excluding tert-OH is 1. The molecule has 1 fully saturated rings. The fourth-order valence-electron chi connectivity index (χ4n) is 8.22. The molecule has 2 heterocycles. The Labute approximate surface area is 468 Å². The van der Waals surface area contributed by atoms with Crippen molar-refractivity contribution in [3.63, 3.8) is 0 Å². The number of amides is 5. The molecule has 434 valence electrons. The number of carboxylic acid groups (broad SMARTS) is 1. The molecule has 3 aliphatic rings. The first-order valence-corrected chi connectivity index (χ1v) is 25.2. The molecule has 0 spiro atoms. The molecule has 0 radical (unpaired) electrons. The van der Waals surface area contributed by atoms with Crippen LogP contribution in [0.15, 0.2) is 84.9 Å². The molecule has 2 atom stereocenters. The Balaban J connectivity index is 0.00000135. The number of fused-ring (bicyclic) bond motifs is 2. The first-order valence-electron chi connectivity index (χ1n) is 25.2. The van der Waals surface area contributed by atoms with E-state index in [1.165, 1.54) is 56.2 Å². The Morgan fingerprint density at radius 3 is 1.66 bits per heavy atom. The van der Waals surface area contributed by atoms with E-state index >= 15 is 0 Å². The molecule has 4 aromatic rings. The fourth-order valence-corrected chi connectivity index (χ4v) is 8.22. The number of hydrogen-bond donors (Lipinski definition) is 3. The Morgan fingerprint density at radius 2 is 1.18 bits per heavy atom. The Morgan fingerprint density at radius 1 is 0.696 bits per heavy atom. The highest BCUT2D eigenvalue weighted by molar-refractivity contribution is 6.34. The summed E-state index contributed by atoms with van der Waals surface area (Å²) in [6.45, 7) is 22.4. The number of esters is 2. The van der Waals surface area contributed by atoms with Gasteiger partial charge in [0.2, 0.25) is 0 Å². The molecule has 7 rings (SSSR count). The monoisotopic (exact) mass is 1100 g/mol. The van der Waals surface area contributed by atoms with Crippen LogP contribution < -0.4 is 15.0 Å². The minimum atomic E-state index is -0.880. The van der Waals surface area contributed by atoms with Crippen LogP contribution in [0.1, 0.15) is 172 Å². The van der Waals surface area contributed by atoms with Crippen LogP contribution in [-0.2, 0) is 34.0 Å². The van der Waals surface area contributed by atoms with Crippen LogP contribution in [0.25, 0.3) is 0 Å². The van der Waals surface area contributed by atoms with Crippen molar-refractivity contribution in [2.75, 3.05) is 46.4 Å². The first-order chi connectivity index (χ1) is 35.9. The van der Waals surface area contributed by atoms with Gasteiger partial charge in [-0.2, -0.15) is 0 Å². The van der Waals surface area contributed by atoms with Crippen molar-refractivity contribution in [3.8, 4) is 11.5 Å². The molecule has 2 unspecified atom stereocenters. The summed E-state index contributed by atoms with van der Waals surface area (Å²) < 4.78 is 19.5. The zero-order valence-corrected chi connectivity index (χ0v) is 46.2. The number of aliphatic carboxylic acids is 1. The molecule has 1 aliphatic carbocycles. The van der Waals surface area contributed by atoms with Crippen molar-refractivity contribution in [2.24, 2.45) is 17.8 Å². The predicted octanol–water partition coefficient (Wildman–Crippen LogP) is 12.2. The second kappa shape index (κ2) is 32.9. The third-order valence-corrected chi connectivity index (χ3v) is 13.7. The third-order valence-electron chi connectivity index (χ3n) is 13.7. The van der Waals surface area contributed by atoms with Gasteiger partial charge in [-0.1, -0.05) is 119 Å². The van der Waals surface area contributed by atoms with Crippen molar-refractivity contribution in [3.05, 3.63) is 135 Å². The maximum Gasteiger partial charge on any atom is 0.406 e. The van der Waals surface area contributed by atoms with Crippen molar-refractivity contribution < 1.29 is 67.5 Å². The fraction of sp³-hybridized carbons (Fsp3) is 0.452. The number of carbonyl (C=O) groups excluding carboxylic acids is 7. The standard InChI is InChI=1S/C35H30N2O5.C9H14O4.C8H13NO4.C6H14.CH4O.3CH4/c1-19-7-9-22(15-21(19)3)35(4,5)23-10-8-20(2)30(16-23)37-33(40)27-14-12-25(18-29(27)34(37)41)42-24-11-13-26-28(17-24)32(39)36(6)31(26)38;1-13-9(12)7-5-3-2-4-6(7)8(10)11;1-6(2)7(10)13-5-4-9-8(11)12-3;1-4-6(3)5-2;1-2;;;/h7-18H,1-6H3;6-7H,2-5H2,1H3,(H,10,11);1,4-5H2,2-3H3,(H,9,11);6H,4-5H2,1-3H3;2H,1H3;3*1H4. The molecule has 0 aromatic heterocycles. The van der Waals surface area contributed by atoms with Gasteiger partial charge in [-0.3, -0.25) is 33.7 Å². The number of nitrogens with one attached hydrogen (secondary N) is 1. The van der Waals surface area contributed by atoms with E-state index in [1.54, 1.807) is 37.3 Å². The molecular weight excluding hydrogens is 1010 g/mol. The van der Waals surface area contributed by atoms with Gasteiger partial charge in [0.1, 0.15) is 18.1 Å². The molecule has 17 heteroatoms. The van der Waals surface area contributed by atoms with E-state index in [9.17, 15) is 38.4 Å². The summed E-state index contributed by atoms with van der Waals surface area (Å²) in [5.41, 5.74) is 7.00. The minimum absolute atomic E-state index is 0. The lowest BCUT2D eigenvalue weighted by atomic mass is 9.77. The summed E-state index contributed by atoms with van der Waals surface area (Å²) in [6, 6.07) is 21.8. The highest BCUT2D eigenvalue weighted by atomic mass is 16.5. The van der Waals surface area contributed by atoms with Gasteiger partial charge in [0.05, 0.1) is 60.5 Å². The number of carboxylic acids is 1. The summed E-state index contributed by atoms with van der Waals surface area (Å²) in [4.78, 5) is 97.4. The number of carbonyl (C=O) groups is 8. The molecule has 0 saturated heterocycles. The van der Waals surface area contributed by atoms with E-state index in [2.05, 4.69) is 92.8 Å². The maximum absolute atomic E-state index is 13.7. The zero-order chi connectivity index (χ0) is 57.2. The van der Waals surface area contributed by atoms with Crippen LogP contribution in [-0.4, -0.2) is 104 Å². The average Bonchev–Trinajstić information content (AvgIpc) is 3.79. The predicted molar refractivity (Wildman–Crippen MR) is 309 cm³/mol. The smallest absolute Gasteiger partial charge is 0.406 e. The van der Waals surface area contributed by atoms with E-state index in [4.69, 9.17) is 14.9 Å². The number of rotatable bonds is 13. The van der Waals surface area contributed by atoms with Crippen molar-refractivity contribution in [1.82, 2.24) is 10.2 Å². The Hall–Kier alpha value is -7.66. The van der Waals surface area contributed by atoms with Crippen LogP contribution in [0.2, 0.25) is 0 Å². The second-order valence-electron chi connectivity index (χ2n) is 19.2. The molecule has 5 amide bonds. The number of aryl methyl sites for hydroxylation is 3. The van der Waals surface area contributed by atoms with Crippen molar-refractivity contribution in [1.29, 1.82) is 0 Å². The second-order valence-corrected chi connectivity index (χ2v) is 19.2. The van der Waals surface area contributed by atoms with Crippen LogP contribution in [0.4, 0.5) is 10.5 Å². The SMILES string of the molecule is C.C.C.C=C(C)C(=O)OCCNC(=O)OC.CCC(C)CC.CO.COC(=O)C1CCCCC1C(=O)O.Cc1ccc(C(C)(C)c2ccc(C)c(N3C(=O)c4ccc(Oc5ccc6c(c5)C(=O)N(C)C6=O)cc4C3=O)c2)cc1C. The van der Waals surface area contributed by atoms with E-state index in [-0.39, 0.29) is 63.8 Å². The van der Waals surface area contributed by atoms with Gasteiger partial charge in [-0.05, 0) is 117 Å². The number of nitrogens with zero attached hydrogens (tertiary/aromatic N) is 2. The number of aliphatic hydroxyl groups is 1. The highest BCUT2D eigenvalue weighted by Crippen LogP contribution is 2.39. The number of methoxy groups -OCH3 is 2. The highest BCUT2D eigenvalue weighted by Gasteiger charge is 2.39. The summed E-state index contributed by atoms with van der Waals surface area (Å²) >= 11 is 0. The lowest BCUT2D eigenvalue weighted by molar-refractivity contribution is -0.157. The summed E-state index contributed by atoms with van der Waals surface area (Å²) in [7, 11) is 4.99. The topological polar surface area (TPSA) is 232 Å². The lowest BCUT2D eigenvalue weighted by Crippen LogP contribution is -2.33. The van der Waals surface area contributed by atoms with E-state index in [0.29, 0.717) is 46.7 Å². The van der Waals surface area contributed by atoms with Gasteiger partial charge in [0.25, 0.3) is 23.6 Å². The van der Waals surface area contributed by atoms with Gasteiger partial charge in [-0.15, -0.1) is 0 Å². The molecule has 3 N–H and O–H groups in total. The molecule has 17 nitrogen and oxygen atoms in total. The molecule has 0 bridgehead atoms. The average molecular weight is 1100 g/mol. The minimum Gasteiger partial charge on any atom is -0.481 e. The molecule has 4 aromatic carbocycles. The lowest BCUT2D eigenvalue weighted by Gasteiger charge is -2.29. The molecule has 79 heavy (non-hydrogen) atoms. The third kappa shape index (κ3) is 18.2.